The summed E-state index contributed by atoms with van der Waals surface area (Å²) in [6.45, 7) is 2.07. The molecule has 2 aromatic rings. The number of carbonyl (C=O) groups is 2. The first-order valence-electron chi connectivity index (χ1n) is 9.06. The SMILES string of the molecule is Cc1c(C(=O)NCC2(C(=O)O)CCCCC2)cccc1-c1ccccn1. The number of carboxylic acid groups (broad SMARTS) is 1. The number of pyridine rings is 1. The molecule has 1 saturated carbocycles. The highest BCUT2D eigenvalue weighted by atomic mass is 16.4. The van der Waals surface area contributed by atoms with Crippen LogP contribution in [0.2, 0.25) is 0 Å². The lowest BCUT2D eigenvalue weighted by Gasteiger charge is -2.33. The fourth-order valence-corrected chi connectivity index (χ4v) is 3.72. The molecule has 26 heavy (non-hydrogen) atoms. The van der Waals surface area contributed by atoms with Gasteiger partial charge in [0.2, 0.25) is 0 Å². The number of rotatable bonds is 5. The Morgan fingerprint density at radius 3 is 2.54 bits per heavy atom. The number of nitrogens with one attached hydrogen (secondary N) is 1. The second kappa shape index (κ2) is 7.68. The van der Waals surface area contributed by atoms with Crippen molar-refractivity contribution < 1.29 is 14.7 Å². The summed E-state index contributed by atoms with van der Waals surface area (Å²) in [5.41, 5.74) is 2.29. The van der Waals surface area contributed by atoms with Gasteiger partial charge in [-0.3, -0.25) is 14.6 Å². The van der Waals surface area contributed by atoms with Crippen LogP contribution in [-0.2, 0) is 4.79 Å². The van der Waals surface area contributed by atoms with Crippen LogP contribution in [-0.4, -0.2) is 28.5 Å². The van der Waals surface area contributed by atoms with E-state index in [0.29, 0.717) is 18.4 Å². The first-order chi connectivity index (χ1) is 12.5. The Morgan fingerprint density at radius 1 is 1.12 bits per heavy atom. The molecule has 0 bridgehead atoms. The minimum absolute atomic E-state index is 0.175. The lowest BCUT2D eigenvalue weighted by molar-refractivity contribution is -0.150. The second-order valence-electron chi connectivity index (χ2n) is 7.02. The first-order valence-corrected chi connectivity index (χ1v) is 9.06. The maximum atomic E-state index is 12.7. The van der Waals surface area contributed by atoms with E-state index in [-0.39, 0.29) is 12.5 Å². The van der Waals surface area contributed by atoms with Crippen LogP contribution in [0.3, 0.4) is 0 Å². The molecule has 3 rings (SSSR count). The van der Waals surface area contributed by atoms with E-state index in [9.17, 15) is 14.7 Å². The molecule has 0 aliphatic heterocycles. The highest BCUT2D eigenvalue weighted by Crippen LogP contribution is 2.36. The van der Waals surface area contributed by atoms with E-state index in [1.165, 1.54) is 0 Å². The minimum atomic E-state index is -0.833. The maximum Gasteiger partial charge on any atom is 0.311 e. The Labute approximate surface area is 153 Å². The van der Waals surface area contributed by atoms with E-state index < -0.39 is 11.4 Å². The van der Waals surface area contributed by atoms with Crippen molar-refractivity contribution in [1.29, 1.82) is 0 Å². The largest absolute Gasteiger partial charge is 0.481 e. The molecule has 1 aromatic heterocycles. The Hall–Kier alpha value is -2.69. The molecule has 1 aliphatic carbocycles. The van der Waals surface area contributed by atoms with Crippen molar-refractivity contribution in [1.82, 2.24) is 10.3 Å². The summed E-state index contributed by atoms with van der Waals surface area (Å²) in [4.78, 5) is 28.9. The third-order valence-electron chi connectivity index (χ3n) is 5.37. The number of aromatic nitrogens is 1. The summed E-state index contributed by atoms with van der Waals surface area (Å²) in [7, 11) is 0. The van der Waals surface area contributed by atoms with Gasteiger partial charge in [-0.15, -0.1) is 0 Å². The topological polar surface area (TPSA) is 79.3 Å². The number of hydrogen-bond donors (Lipinski definition) is 2. The molecular formula is C21H24N2O3. The van der Waals surface area contributed by atoms with Gasteiger partial charge in [0.25, 0.3) is 5.91 Å². The fraction of sp³-hybridized carbons (Fsp3) is 0.381. The average molecular weight is 352 g/mol. The molecule has 0 unspecified atom stereocenters. The van der Waals surface area contributed by atoms with Gasteiger partial charge in [0, 0.05) is 23.9 Å². The Kier molecular flexibility index (Phi) is 5.35. The minimum Gasteiger partial charge on any atom is -0.481 e. The van der Waals surface area contributed by atoms with Gasteiger partial charge in [-0.25, -0.2) is 0 Å². The van der Waals surface area contributed by atoms with Crippen molar-refractivity contribution in [3.63, 3.8) is 0 Å². The zero-order valence-corrected chi connectivity index (χ0v) is 15.0. The van der Waals surface area contributed by atoms with Gasteiger partial charge in [0.15, 0.2) is 0 Å². The van der Waals surface area contributed by atoms with Crippen molar-refractivity contribution in [2.75, 3.05) is 6.54 Å². The summed E-state index contributed by atoms with van der Waals surface area (Å²) in [6.07, 6.45) is 5.83. The Balaban J connectivity index is 1.79. The van der Waals surface area contributed by atoms with E-state index in [2.05, 4.69) is 10.3 Å². The van der Waals surface area contributed by atoms with Crippen LogP contribution >= 0.6 is 0 Å². The molecule has 5 nitrogen and oxygen atoms in total. The number of aliphatic carboxylic acids is 1. The summed E-state index contributed by atoms with van der Waals surface area (Å²) >= 11 is 0. The average Bonchev–Trinajstić information content (AvgIpc) is 2.67. The number of amides is 1. The standard InChI is InChI=1S/C21H24N2O3/c1-15-16(18-10-3-6-13-22-18)8-7-9-17(15)19(24)23-14-21(20(25)26)11-4-2-5-12-21/h3,6-10,13H,2,4-5,11-12,14H2,1H3,(H,23,24)(H,25,26). The maximum absolute atomic E-state index is 12.7. The fourth-order valence-electron chi connectivity index (χ4n) is 3.72. The van der Waals surface area contributed by atoms with Crippen LogP contribution in [0.25, 0.3) is 11.3 Å². The number of benzene rings is 1. The quantitative estimate of drug-likeness (QED) is 0.857. The molecule has 5 heteroatoms. The summed E-state index contributed by atoms with van der Waals surface area (Å²) < 4.78 is 0. The monoisotopic (exact) mass is 352 g/mol. The van der Waals surface area contributed by atoms with E-state index >= 15 is 0 Å². The molecule has 0 saturated heterocycles. The van der Waals surface area contributed by atoms with Crippen LogP contribution < -0.4 is 5.32 Å². The zero-order chi connectivity index (χ0) is 18.6. The molecule has 1 fully saturated rings. The van der Waals surface area contributed by atoms with Crippen molar-refractivity contribution in [2.24, 2.45) is 5.41 Å². The highest BCUT2D eigenvalue weighted by molar-refractivity contribution is 5.97. The third-order valence-corrected chi connectivity index (χ3v) is 5.37. The number of carbonyl (C=O) groups excluding carboxylic acids is 1. The second-order valence-corrected chi connectivity index (χ2v) is 7.02. The lowest BCUT2D eigenvalue weighted by Crippen LogP contribution is -2.44. The molecule has 2 N–H and O–H groups in total. The van der Waals surface area contributed by atoms with Crippen LogP contribution in [0.4, 0.5) is 0 Å². The normalized spacial score (nSPS) is 16.0. The Morgan fingerprint density at radius 2 is 1.88 bits per heavy atom. The van der Waals surface area contributed by atoms with Crippen molar-refractivity contribution >= 4 is 11.9 Å². The van der Waals surface area contributed by atoms with E-state index in [0.717, 1.165) is 36.1 Å². The summed E-state index contributed by atoms with van der Waals surface area (Å²) in [6, 6.07) is 11.2. The highest BCUT2D eigenvalue weighted by Gasteiger charge is 2.39. The van der Waals surface area contributed by atoms with Crippen molar-refractivity contribution in [3.8, 4) is 11.3 Å². The first kappa shape index (κ1) is 18.1. The van der Waals surface area contributed by atoms with Gasteiger partial charge in [-0.05, 0) is 43.5 Å². The number of hydrogen-bond acceptors (Lipinski definition) is 3. The van der Waals surface area contributed by atoms with Crippen LogP contribution in [0, 0.1) is 12.3 Å². The molecule has 1 aromatic carbocycles. The van der Waals surface area contributed by atoms with Crippen LogP contribution in [0.1, 0.15) is 48.0 Å². The molecular weight excluding hydrogens is 328 g/mol. The molecule has 0 radical (unpaired) electrons. The predicted octanol–water partition coefficient (Wildman–Crippen LogP) is 3.82. The van der Waals surface area contributed by atoms with Gasteiger partial charge in [0.1, 0.15) is 0 Å². The van der Waals surface area contributed by atoms with Crippen LogP contribution in [0.15, 0.2) is 42.6 Å². The van der Waals surface area contributed by atoms with Crippen LogP contribution in [0.5, 0.6) is 0 Å². The smallest absolute Gasteiger partial charge is 0.311 e. The number of carboxylic acids is 1. The molecule has 1 aliphatic rings. The zero-order valence-electron chi connectivity index (χ0n) is 15.0. The van der Waals surface area contributed by atoms with E-state index in [1.807, 2.05) is 37.3 Å². The molecule has 1 amide bonds. The van der Waals surface area contributed by atoms with Gasteiger partial charge >= 0.3 is 5.97 Å². The molecule has 0 atom stereocenters. The number of nitrogens with zero attached hydrogens (tertiary/aromatic N) is 1. The lowest BCUT2D eigenvalue weighted by atomic mass is 9.74. The van der Waals surface area contributed by atoms with E-state index in [1.54, 1.807) is 12.3 Å². The molecule has 1 heterocycles. The van der Waals surface area contributed by atoms with Gasteiger partial charge in [0.05, 0.1) is 11.1 Å². The predicted molar refractivity (Wildman–Crippen MR) is 99.9 cm³/mol. The van der Waals surface area contributed by atoms with E-state index in [4.69, 9.17) is 0 Å². The van der Waals surface area contributed by atoms with Gasteiger partial charge < -0.3 is 10.4 Å². The van der Waals surface area contributed by atoms with Crippen molar-refractivity contribution in [3.05, 3.63) is 53.7 Å². The van der Waals surface area contributed by atoms with Gasteiger partial charge in [-0.1, -0.05) is 37.5 Å². The van der Waals surface area contributed by atoms with Crippen molar-refractivity contribution in [2.45, 2.75) is 39.0 Å². The summed E-state index contributed by atoms with van der Waals surface area (Å²) in [5, 5.41) is 12.5. The third kappa shape index (κ3) is 3.62. The molecule has 136 valence electrons. The molecule has 0 spiro atoms. The Bertz CT molecular complexity index is 796. The summed E-state index contributed by atoms with van der Waals surface area (Å²) in [5.74, 6) is -1.04. The van der Waals surface area contributed by atoms with Gasteiger partial charge in [-0.2, -0.15) is 0 Å².